The highest BCUT2D eigenvalue weighted by molar-refractivity contribution is 7.89. The quantitative estimate of drug-likeness (QED) is 0.884. The van der Waals surface area contributed by atoms with Gasteiger partial charge in [-0.05, 0) is 31.2 Å². The number of hydrogen-bond acceptors (Lipinski definition) is 5. The summed E-state index contributed by atoms with van der Waals surface area (Å²) in [6, 6.07) is 3.56. The van der Waals surface area contributed by atoms with Gasteiger partial charge in [-0.15, -0.1) is 11.3 Å². The molecule has 8 heteroatoms. The van der Waals surface area contributed by atoms with Crippen LogP contribution < -0.4 is 5.14 Å². The molecule has 1 saturated heterocycles. The molecular formula is C12H15N3O3S2. The fraction of sp³-hybridized carbons (Fsp3) is 0.500. The molecule has 0 aliphatic carbocycles. The number of likely N-dealkylation sites (tertiary alicyclic amines) is 1. The van der Waals surface area contributed by atoms with E-state index in [1.807, 2.05) is 0 Å². The number of rotatable bonds is 2. The lowest BCUT2D eigenvalue weighted by Gasteiger charge is -2.35. The highest BCUT2D eigenvalue weighted by Gasteiger charge is 2.35. The van der Waals surface area contributed by atoms with Crippen LogP contribution in [-0.2, 0) is 10.0 Å². The van der Waals surface area contributed by atoms with E-state index in [2.05, 4.69) is 6.07 Å². The van der Waals surface area contributed by atoms with Crippen LogP contribution in [0.25, 0.3) is 0 Å². The Morgan fingerprint density at radius 3 is 2.90 bits per heavy atom. The molecule has 2 rings (SSSR count). The van der Waals surface area contributed by atoms with E-state index in [0.29, 0.717) is 13.1 Å². The molecule has 0 aromatic carbocycles. The monoisotopic (exact) mass is 313 g/mol. The minimum atomic E-state index is -3.91. The van der Waals surface area contributed by atoms with Gasteiger partial charge in [0.05, 0.1) is 11.5 Å². The predicted octanol–water partition coefficient (Wildman–Crippen LogP) is 1.16. The molecule has 1 fully saturated rings. The zero-order valence-electron chi connectivity index (χ0n) is 11.0. The van der Waals surface area contributed by atoms with Gasteiger partial charge in [0.15, 0.2) is 0 Å². The van der Waals surface area contributed by atoms with Crippen molar-refractivity contribution >= 4 is 27.3 Å². The minimum absolute atomic E-state index is 0.120. The van der Waals surface area contributed by atoms with Crippen LogP contribution in [0, 0.1) is 16.7 Å². The fourth-order valence-corrected chi connectivity index (χ4v) is 4.26. The number of thiophene rings is 1. The van der Waals surface area contributed by atoms with Gasteiger partial charge in [0.25, 0.3) is 5.91 Å². The molecule has 6 nitrogen and oxygen atoms in total. The zero-order valence-corrected chi connectivity index (χ0v) is 12.6. The minimum Gasteiger partial charge on any atom is -0.336 e. The molecule has 1 aliphatic rings. The first kappa shape index (κ1) is 15.0. The Bertz CT molecular complexity index is 674. The van der Waals surface area contributed by atoms with Crippen LogP contribution in [0.5, 0.6) is 0 Å². The molecule has 1 aromatic rings. The van der Waals surface area contributed by atoms with Crippen molar-refractivity contribution in [2.24, 2.45) is 10.6 Å². The smallest absolute Gasteiger partial charge is 0.265 e. The second kappa shape index (κ2) is 5.16. The van der Waals surface area contributed by atoms with Crippen LogP contribution in [0.4, 0.5) is 0 Å². The van der Waals surface area contributed by atoms with E-state index in [1.165, 1.54) is 16.3 Å². The van der Waals surface area contributed by atoms with E-state index in [1.54, 1.807) is 6.92 Å². The fourth-order valence-electron chi connectivity index (χ4n) is 2.33. The van der Waals surface area contributed by atoms with Crippen molar-refractivity contribution in [3.05, 3.63) is 16.3 Å². The van der Waals surface area contributed by atoms with E-state index in [-0.39, 0.29) is 15.7 Å². The molecule has 2 N–H and O–H groups in total. The molecule has 1 amide bonds. The third-order valence-corrected chi connectivity index (χ3v) is 5.37. The van der Waals surface area contributed by atoms with Gasteiger partial charge >= 0.3 is 0 Å². The Balaban J connectivity index is 2.30. The molecule has 0 saturated carbocycles. The van der Waals surface area contributed by atoms with Crippen molar-refractivity contribution in [2.45, 2.75) is 24.7 Å². The van der Waals surface area contributed by atoms with E-state index in [9.17, 15) is 13.2 Å². The summed E-state index contributed by atoms with van der Waals surface area (Å²) in [5, 5.41) is 15.8. The number of nitrogens with zero attached hydrogens (tertiary/aromatic N) is 2. The Morgan fingerprint density at radius 2 is 2.30 bits per heavy atom. The largest absolute Gasteiger partial charge is 0.336 e. The summed E-state index contributed by atoms with van der Waals surface area (Å²) in [5.41, 5.74) is -0.576. The highest BCUT2D eigenvalue weighted by atomic mass is 32.2. The number of nitrogens with two attached hydrogens (primary N) is 1. The van der Waals surface area contributed by atoms with Crippen LogP contribution in [0.15, 0.2) is 16.3 Å². The summed E-state index contributed by atoms with van der Waals surface area (Å²) in [6.45, 7) is 2.64. The maximum Gasteiger partial charge on any atom is 0.265 e. The third kappa shape index (κ3) is 2.85. The SMILES string of the molecule is C[C@@]1(C#N)CCCN(C(=O)c2sccc2S(N)(=O)=O)C1. The van der Waals surface area contributed by atoms with Crippen molar-refractivity contribution in [3.8, 4) is 6.07 Å². The van der Waals surface area contributed by atoms with Gasteiger partial charge < -0.3 is 4.90 Å². The van der Waals surface area contributed by atoms with Gasteiger partial charge in [-0.25, -0.2) is 13.6 Å². The molecular weight excluding hydrogens is 298 g/mol. The van der Waals surface area contributed by atoms with Gasteiger partial charge in [-0.1, -0.05) is 0 Å². The summed E-state index contributed by atoms with van der Waals surface area (Å²) in [7, 11) is -3.91. The molecule has 1 aliphatic heterocycles. The summed E-state index contributed by atoms with van der Waals surface area (Å²) >= 11 is 1.05. The summed E-state index contributed by atoms with van der Waals surface area (Å²) < 4.78 is 22.9. The Morgan fingerprint density at radius 1 is 1.60 bits per heavy atom. The van der Waals surface area contributed by atoms with Crippen LogP contribution in [0.3, 0.4) is 0 Å². The van der Waals surface area contributed by atoms with Gasteiger partial charge in [-0.3, -0.25) is 4.79 Å². The molecule has 0 unspecified atom stereocenters. The first-order chi connectivity index (χ1) is 9.27. The summed E-state index contributed by atoms with van der Waals surface area (Å²) in [4.78, 5) is 14.0. The topological polar surface area (TPSA) is 104 Å². The summed E-state index contributed by atoms with van der Waals surface area (Å²) in [5.74, 6) is -0.370. The molecule has 20 heavy (non-hydrogen) atoms. The molecule has 0 radical (unpaired) electrons. The average Bonchev–Trinajstić information content (AvgIpc) is 2.87. The maximum absolute atomic E-state index is 12.4. The normalized spacial score (nSPS) is 23.4. The van der Waals surface area contributed by atoms with Crippen molar-refractivity contribution in [1.29, 1.82) is 5.26 Å². The van der Waals surface area contributed by atoms with Gasteiger partial charge in [0.2, 0.25) is 10.0 Å². The second-order valence-corrected chi connectivity index (χ2v) is 7.61. The molecule has 1 aromatic heterocycles. The highest BCUT2D eigenvalue weighted by Crippen LogP contribution is 2.31. The molecule has 2 heterocycles. The molecule has 0 bridgehead atoms. The first-order valence-electron chi connectivity index (χ1n) is 6.08. The van der Waals surface area contributed by atoms with Crippen LogP contribution >= 0.6 is 11.3 Å². The van der Waals surface area contributed by atoms with Crippen molar-refractivity contribution in [1.82, 2.24) is 4.90 Å². The Hall–Kier alpha value is -1.43. The standard InChI is InChI=1S/C12H15N3O3S2/c1-12(7-13)4-2-5-15(8-12)11(16)10-9(3-6-19-10)20(14,17)18/h3,6H,2,4-5,8H2,1H3,(H2,14,17,18)/t12-/m0/s1. The molecule has 108 valence electrons. The van der Waals surface area contributed by atoms with Gasteiger partial charge in [-0.2, -0.15) is 5.26 Å². The number of carbonyl (C=O) groups is 1. The van der Waals surface area contributed by atoms with E-state index in [4.69, 9.17) is 10.4 Å². The predicted molar refractivity (Wildman–Crippen MR) is 74.5 cm³/mol. The van der Waals surface area contributed by atoms with Crippen LogP contribution in [0.1, 0.15) is 29.4 Å². The first-order valence-corrected chi connectivity index (χ1v) is 8.50. The second-order valence-electron chi connectivity index (χ2n) is 5.16. The van der Waals surface area contributed by atoms with E-state index in [0.717, 1.165) is 24.2 Å². The Labute approximate surface area is 121 Å². The maximum atomic E-state index is 12.4. The number of sulfonamides is 1. The number of piperidine rings is 1. The van der Waals surface area contributed by atoms with Crippen molar-refractivity contribution < 1.29 is 13.2 Å². The third-order valence-electron chi connectivity index (χ3n) is 3.38. The lowest BCUT2D eigenvalue weighted by atomic mass is 9.83. The number of carbonyl (C=O) groups excluding carboxylic acids is 1. The van der Waals surface area contributed by atoms with Gasteiger partial charge in [0, 0.05) is 13.1 Å². The number of primary sulfonamides is 1. The van der Waals surface area contributed by atoms with E-state index >= 15 is 0 Å². The van der Waals surface area contributed by atoms with E-state index < -0.39 is 15.4 Å². The number of nitriles is 1. The zero-order chi connectivity index (χ0) is 15.0. The lowest BCUT2D eigenvalue weighted by Crippen LogP contribution is -2.44. The van der Waals surface area contributed by atoms with Crippen LogP contribution in [0.2, 0.25) is 0 Å². The Kier molecular flexibility index (Phi) is 3.86. The molecule has 0 spiro atoms. The van der Waals surface area contributed by atoms with Crippen LogP contribution in [-0.4, -0.2) is 32.3 Å². The van der Waals surface area contributed by atoms with Gasteiger partial charge in [0.1, 0.15) is 9.77 Å². The average molecular weight is 313 g/mol. The van der Waals surface area contributed by atoms with Crippen molar-refractivity contribution in [3.63, 3.8) is 0 Å². The number of amides is 1. The molecule has 1 atom stereocenters. The number of hydrogen-bond donors (Lipinski definition) is 1. The lowest BCUT2D eigenvalue weighted by molar-refractivity contribution is 0.0631. The summed E-state index contributed by atoms with van der Waals surface area (Å²) in [6.07, 6.45) is 1.46. The van der Waals surface area contributed by atoms with Crippen molar-refractivity contribution in [2.75, 3.05) is 13.1 Å².